The molecule has 1 N–H and O–H groups in total. The molecule has 0 aliphatic carbocycles. The molecule has 14 heavy (non-hydrogen) atoms. The smallest absolute Gasteiger partial charge is 0.143 e. The lowest BCUT2D eigenvalue weighted by Crippen LogP contribution is -2.02. The van der Waals surface area contributed by atoms with E-state index in [4.69, 9.17) is 39.5 Å². The quantitative estimate of drug-likeness (QED) is 0.840. The summed E-state index contributed by atoms with van der Waals surface area (Å²) in [5.74, 6) is 0.469. The zero-order valence-corrected chi connectivity index (χ0v) is 9.70. The summed E-state index contributed by atoms with van der Waals surface area (Å²) in [6.07, 6.45) is -0.831. The van der Waals surface area contributed by atoms with Gasteiger partial charge in [0.05, 0.1) is 24.1 Å². The van der Waals surface area contributed by atoms with Gasteiger partial charge in [0, 0.05) is 10.6 Å². The number of benzene rings is 1. The molecule has 0 saturated heterocycles. The lowest BCUT2D eigenvalue weighted by molar-refractivity contribution is 0.197. The van der Waals surface area contributed by atoms with E-state index in [0.29, 0.717) is 21.4 Å². The minimum Gasteiger partial charge on any atom is -0.495 e. The lowest BCUT2D eigenvalue weighted by Gasteiger charge is -2.14. The Bertz CT molecular complexity index is 328. The highest BCUT2D eigenvalue weighted by atomic mass is 35.5. The van der Waals surface area contributed by atoms with Crippen LogP contribution >= 0.6 is 34.8 Å². The highest BCUT2D eigenvalue weighted by Crippen LogP contribution is 2.35. The second-order valence-corrected chi connectivity index (χ2v) is 3.83. The van der Waals surface area contributed by atoms with E-state index in [1.54, 1.807) is 12.1 Å². The number of aliphatic hydroxyl groups excluding tert-OH is 1. The Kier molecular flexibility index (Phi) is 4.32. The van der Waals surface area contributed by atoms with E-state index in [2.05, 4.69) is 0 Å². The van der Waals surface area contributed by atoms with Gasteiger partial charge in [-0.2, -0.15) is 0 Å². The Morgan fingerprint density at radius 2 is 2.07 bits per heavy atom. The van der Waals surface area contributed by atoms with Crippen molar-refractivity contribution in [1.29, 1.82) is 0 Å². The monoisotopic (exact) mass is 254 g/mol. The lowest BCUT2D eigenvalue weighted by atomic mass is 10.1. The van der Waals surface area contributed by atoms with Crippen molar-refractivity contribution in [2.45, 2.75) is 6.10 Å². The molecule has 2 nitrogen and oxygen atoms in total. The summed E-state index contributed by atoms with van der Waals surface area (Å²) in [5, 5.41) is 10.4. The molecule has 0 radical (unpaired) electrons. The van der Waals surface area contributed by atoms with Crippen LogP contribution in [-0.4, -0.2) is 18.1 Å². The maximum absolute atomic E-state index is 9.56. The van der Waals surface area contributed by atoms with Crippen LogP contribution < -0.4 is 4.74 Å². The van der Waals surface area contributed by atoms with Crippen molar-refractivity contribution in [3.63, 3.8) is 0 Å². The molecule has 1 atom stereocenters. The van der Waals surface area contributed by atoms with E-state index < -0.39 is 6.10 Å². The van der Waals surface area contributed by atoms with Crippen LogP contribution in [0.1, 0.15) is 11.7 Å². The third-order valence-corrected chi connectivity index (χ3v) is 2.54. The molecule has 0 aliphatic rings. The number of hydrogen-bond acceptors (Lipinski definition) is 2. The van der Waals surface area contributed by atoms with Gasteiger partial charge in [0.2, 0.25) is 0 Å². The third-order valence-electron chi connectivity index (χ3n) is 1.75. The highest BCUT2D eigenvalue weighted by Gasteiger charge is 2.16. The van der Waals surface area contributed by atoms with Crippen LogP contribution in [0.15, 0.2) is 12.1 Å². The van der Waals surface area contributed by atoms with Crippen LogP contribution in [0.3, 0.4) is 0 Å². The van der Waals surface area contributed by atoms with Gasteiger partial charge in [-0.25, -0.2) is 0 Å². The Balaban J connectivity index is 3.24. The molecular formula is C9H9Cl3O2. The number of hydrogen-bond donors (Lipinski definition) is 1. The van der Waals surface area contributed by atoms with Crippen molar-refractivity contribution >= 4 is 34.8 Å². The third kappa shape index (κ3) is 2.45. The molecule has 0 spiro atoms. The second kappa shape index (κ2) is 5.08. The first kappa shape index (κ1) is 11.9. The predicted octanol–water partition coefficient (Wildman–Crippen LogP) is 3.27. The Hall–Kier alpha value is -0.150. The molecular weight excluding hydrogens is 246 g/mol. The normalized spacial score (nSPS) is 12.6. The molecule has 1 aromatic carbocycles. The Morgan fingerprint density at radius 3 is 2.57 bits per heavy atom. The topological polar surface area (TPSA) is 29.5 Å². The molecule has 0 fully saturated rings. The van der Waals surface area contributed by atoms with E-state index in [0.717, 1.165) is 0 Å². The fraction of sp³-hybridized carbons (Fsp3) is 0.333. The van der Waals surface area contributed by atoms with Crippen molar-refractivity contribution < 1.29 is 9.84 Å². The first-order chi connectivity index (χ1) is 6.60. The van der Waals surface area contributed by atoms with Gasteiger partial charge in [0.1, 0.15) is 5.75 Å². The van der Waals surface area contributed by atoms with Gasteiger partial charge < -0.3 is 9.84 Å². The predicted molar refractivity (Wildman–Crippen MR) is 58.7 cm³/mol. The zero-order valence-electron chi connectivity index (χ0n) is 7.43. The Morgan fingerprint density at radius 1 is 1.43 bits per heavy atom. The van der Waals surface area contributed by atoms with Crippen molar-refractivity contribution in [2.75, 3.05) is 13.0 Å². The summed E-state index contributed by atoms with van der Waals surface area (Å²) in [7, 11) is 1.47. The summed E-state index contributed by atoms with van der Waals surface area (Å²) in [6.45, 7) is 0. The van der Waals surface area contributed by atoms with Crippen LogP contribution in [0, 0.1) is 0 Å². The van der Waals surface area contributed by atoms with Crippen LogP contribution in [0.5, 0.6) is 5.75 Å². The number of alkyl halides is 1. The molecule has 0 saturated carbocycles. The van der Waals surface area contributed by atoms with Crippen molar-refractivity contribution in [3.05, 3.63) is 27.7 Å². The maximum Gasteiger partial charge on any atom is 0.143 e. The van der Waals surface area contributed by atoms with Crippen molar-refractivity contribution in [3.8, 4) is 5.75 Å². The number of halogens is 3. The van der Waals surface area contributed by atoms with E-state index >= 15 is 0 Å². The van der Waals surface area contributed by atoms with Crippen LogP contribution in [0.25, 0.3) is 0 Å². The van der Waals surface area contributed by atoms with Crippen molar-refractivity contribution in [2.24, 2.45) is 0 Å². The summed E-state index contributed by atoms with van der Waals surface area (Å²) < 4.78 is 5.04. The van der Waals surface area contributed by atoms with E-state index in [1.807, 2.05) is 0 Å². The van der Waals surface area contributed by atoms with E-state index in [-0.39, 0.29) is 5.88 Å². The molecule has 0 aromatic heterocycles. The maximum atomic E-state index is 9.56. The first-order valence-corrected chi connectivity index (χ1v) is 5.16. The van der Waals surface area contributed by atoms with Gasteiger partial charge in [0.25, 0.3) is 0 Å². The average Bonchev–Trinajstić information content (AvgIpc) is 2.15. The fourth-order valence-electron chi connectivity index (χ4n) is 1.13. The molecule has 1 aromatic rings. The zero-order chi connectivity index (χ0) is 10.7. The van der Waals surface area contributed by atoms with Crippen LogP contribution in [0.2, 0.25) is 10.0 Å². The van der Waals surface area contributed by atoms with Crippen molar-refractivity contribution in [1.82, 2.24) is 0 Å². The first-order valence-electron chi connectivity index (χ1n) is 3.87. The molecule has 1 rings (SSSR count). The van der Waals surface area contributed by atoms with Gasteiger partial charge in [-0.05, 0) is 12.1 Å². The summed E-state index contributed by atoms with van der Waals surface area (Å²) in [4.78, 5) is 0. The molecule has 5 heteroatoms. The van der Waals surface area contributed by atoms with Crippen LogP contribution in [0.4, 0.5) is 0 Å². The second-order valence-electron chi connectivity index (χ2n) is 2.68. The molecule has 0 amide bonds. The summed E-state index contributed by atoms with van der Waals surface area (Å²) in [5.41, 5.74) is 0.500. The molecule has 78 valence electrons. The number of rotatable bonds is 3. The molecule has 0 heterocycles. The standard InChI is InChI=1S/C9H9Cl3O2/c1-14-9-6(8(13)4-10)2-5(11)3-7(9)12/h2-3,8,13H,4H2,1H3. The van der Waals surface area contributed by atoms with Crippen LogP contribution in [-0.2, 0) is 0 Å². The molecule has 1 unspecified atom stereocenters. The number of ether oxygens (including phenoxy) is 1. The van der Waals surface area contributed by atoms with E-state index in [1.165, 1.54) is 7.11 Å². The van der Waals surface area contributed by atoms with Gasteiger partial charge in [-0.3, -0.25) is 0 Å². The number of aliphatic hydroxyl groups is 1. The highest BCUT2D eigenvalue weighted by molar-refractivity contribution is 6.35. The number of methoxy groups -OCH3 is 1. The minimum absolute atomic E-state index is 0.0625. The van der Waals surface area contributed by atoms with Gasteiger partial charge in [0.15, 0.2) is 0 Å². The van der Waals surface area contributed by atoms with E-state index in [9.17, 15) is 5.11 Å². The molecule has 0 aliphatic heterocycles. The summed E-state index contributed by atoms with van der Waals surface area (Å²) in [6, 6.07) is 3.13. The van der Waals surface area contributed by atoms with Gasteiger partial charge in [-0.15, -0.1) is 11.6 Å². The SMILES string of the molecule is COc1c(Cl)cc(Cl)cc1C(O)CCl. The molecule has 0 bridgehead atoms. The summed E-state index contributed by atoms with van der Waals surface area (Å²) >= 11 is 17.2. The Labute approximate surface area is 97.3 Å². The largest absolute Gasteiger partial charge is 0.495 e. The fourth-order valence-corrected chi connectivity index (χ4v) is 1.88. The van der Waals surface area contributed by atoms with Gasteiger partial charge in [-0.1, -0.05) is 23.2 Å². The average molecular weight is 256 g/mol. The van der Waals surface area contributed by atoms with Gasteiger partial charge >= 0.3 is 0 Å². The minimum atomic E-state index is -0.831.